The van der Waals surface area contributed by atoms with Gasteiger partial charge in [0.15, 0.2) is 5.78 Å². The molecule has 18 heavy (non-hydrogen) atoms. The molecule has 2 nitrogen and oxygen atoms in total. The molecule has 3 rings (SSSR count). The summed E-state index contributed by atoms with van der Waals surface area (Å²) in [6.45, 7) is 0. The predicted molar refractivity (Wildman–Crippen MR) is 78.3 cm³/mol. The number of benzene rings is 1. The Hall–Kier alpha value is -1.13. The Bertz CT molecular complexity index is 568. The van der Waals surface area contributed by atoms with Gasteiger partial charge in [-0.05, 0) is 33.6 Å². The monoisotopic (exact) mass is 321 g/mol. The lowest BCUT2D eigenvalue weighted by atomic mass is 10.0. The molecule has 1 unspecified atom stereocenters. The number of fused-ring (bicyclic) bond motifs is 1. The third-order valence-corrected chi connectivity index (χ3v) is 4.83. The van der Waals surface area contributed by atoms with E-state index in [2.05, 4.69) is 27.3 Å². The first-order chi connectivity index (χ1) is 8.72. The summed E-state index contributed by atoms with van der Waals surface area (Å²) in [6, 6.07) is 10.1. The summed E-state index contributed by atoms with van der Waals surface area (Å²) in [4.78, 5) is 13.3. The van der Waals surface area contributed by atoms with Crippen molar-refractivity contribution in [2.75, 3.05) is 5.32 Å². The van der Waals surface area contributed by atoms with Crippen molar-refractivity contribution >= 4 is 38.7 Å². The van der Waals surface area contributed by atoms with Gasteiger partial charge in [-0.3, -0.25) is 4.79 Å². The van der Waals surface area contributed by atoms with Crippen molar-refractivity contribution < 1.29 is 4.79 Å². The van der Waals surface area contributed by atoms with Crippen LogP contribution >= 0.6 is 27.3 Å². The molecule has 0 radical (unpaired) electrons. The van der Waals surface area contributed by atoms with Crippen LogP contribution in [-0.2, 0) is 17.6 Å². The number of nitrogens with one attached hydrogen (secondary N) is 1. The topological polar surface area (TPSA) is 29.1 Å². The highest BCUT2D eigenvalue weighted by atomic mass is 79.9. The molecule has 0 amide bonds. The second-order valence-electron chi connectivity index (χ2n) is 4.43. The molecular formula is C14H12BrNOS. The van der Waals surface area contributed by atoms with Crippen molar-refractivity contribution in [1.82, 2.24) is 0 Å². The summed E-state index contributed by atoms with van der Waals surface area (Å²) in [5.74, 6) is 0.264. The van der Waals surface area contributed by atoms with E-state index in [1.807, 2.05) is 29.6 Å². The molecule has 1 aromatic heterocycles. The SMILES string of the molecule is O=C(Cc1cc(Br)cs1)C1Cc2ccccc2N1. The van der Waals surface area contributed by atoms with Gasteiger partial charge >= 0.3 is 0 Å². The minimum absolute atomic E-state index is 0.0664. The standard InChI is InChI=1S/C14H12BrNOS/c15-10-6-11(18-8-10)7-14(17)13-5-9-3-1-2-4-12(9)16-13/h1-4,6,8,13,16H,5,7H2. The quantitative estimate of drug-likeness (QED) is 0.934. The summed E-state index contributed by atoms with van der Waals surface area (Å²) in [5.41, 5.74) is 2.34. The third-order valence-electron chi connectivity index (χ3n) is 3.13. The van der Waals surface area contributed by atoms with E-state index in [1.54, 1.807) is 11.3 Å². The molecule has 1 aliphatic heterocycles. The number of hydrogen-bond acceptors (Lipinski definition) is 3. The molecule has 0 aliphatic carbocycles. The summed E-state index contributed by atoms with van der Waals surface area (Å²) in [7, 11) is 0. The Morgan fingerprint density at radius 3 is 3.00 bits per heavy atom. The number of ketones is 1. The highest BCUT2D eigenvalue weighted by Crippen LogP contribution is 2.27. The summed E-state index contributed by atoms with van der Waals surface area (Å²) < 4.78 is 1.05. The van der Waals surface area contributed by atoms with Crippen LogP contribution in [0.5, 0.6) is 0 Å². The summed E-state index contributed by atoms with van der Waals surface area (Å²) in [6.07, 6.45) is 1.32. The molecule has 1 N–H and O–H groups in total. The van der Waals surface area contributed by atoms with Crippen molar-refractivity contribution in [3.8, 4) is 0 Å². The predicted octanol–water partition coefficient (Wildman–Crippen LogP) is 3.66. The molecule has 4 heteroatoms. The van der Waals surface area contributed by atoms with Crippen LogP contribution in [0.25, 0.3) is 0 Å². The zero-order chi connectivity index (χ0) is 12.5. The fourth-order valence-electron chi connectivity index (χ4n) is 2.23. The Kier molecular flexibility index (Phi) is 3.22. The first-order valence-electron chi connectivity index (χ1n) is 5.82. The van der Waals surface area contributed by atoms with Crippen molar-refractivity contribution in [2.24, 2.45) is 0 Å². The largest absolute Gasteiger partial charge is 0.375 e. The van der Waals surface area contributed by atoms with E-state index < -0.39 is 0 Å². The van der Waals surface area contributed by atoms with Gasteiger partial charge in [0.2, 0.25) is 0 Å². The highest BCUT2D eigenvalue weighted by molar-refractivity contribution is 9.10. The van der Waals surface area contributed by atoms with E-state index in [0.717, 1.165) is 21.5 Å². The molecule has 0 saturated carbocycles. The number of anilines is 1. The number of carbonyl (C=O) groups excluding carboxylic acids is 1. The van der Waals surface area contributed by atoms with Gasteiger partial charge in [-0.1, -0.05) is 18.2 Å². The molecule has 2 aromatic rings. The minimum Gasteiger partial charge on any atom is -0.375 e. The molecule has 0 saturated heterocycles. The normalized spacial score (nSPS) is 17.3. The zero-order valence-corrected chi connectivity index (χ0v) is 12.1. The first-order valence-corrected chi connectivity index (χ1v) is 7.50. The highest BCUT2D eigenvalue weighted by Gasteiger charge is 2.26. The average molecular weight is 322 g/mol. The minimum atomic E-state index is -0.0664. The van der Waals surface area contributed by atoms with E-state index in [9.17, 15) is 4.79 Å². The summed E-state index contributed by atoms with van der Waals surface area (Å²) in [5, 5.41) is 5.32. The lowest BCUT2D eigenvalue weighted by Gasteiger charge is -2.08. The molecule has 0 spiro atoms. The van der Waals surface area contributed by atoms with Crippen molar-refractivity contribution in [3.05, 3.63) is 50.6 Å². The van der Waals surface area contributed by atoms with Gasteiger partial charge in [-0.25, -0.2) is 0 Å². The van der Waals surface area contributed by atoms with Crippen molar-refractivity contribution in [1.29, 1.82) is 0 Å². The molecule has 1 atom stereocenters. The maximum absolute atomic E-state index is 12.2. The Morgan fingerprint density at radius 2 is 2.28 bits per heavy atom. The molecule has 2 heterocycles. The molecule has 1 aromatic carbocycles. The van der Waals surface area contributed by atoms with Gasteiger partial charge in [0, 0.05) is 33.3 Å². The average Bonchev–Trinajstić information content (AvgIpc) is 2.95. The molecule has 0 bridgehead atoms. The van der Waals surface area contributed by atoms with Gasteiger partial charge in [0.05, 0.1) is 6.04 Å². The second kappa shape index (κ2) is 4.86. The maximum Gasteiger partial charge on any atom is 0.160 e. The summed E-state index contributed by atoms with van der Waals surface area (Å²) >= 11 is 5.04. The second-order valence-corrected chi connectivity index (χ2v) is 6.34. The number of para-hydroxylation sites is 1. The number of Topliss-reactive ketones (excluding diaryl/α,β-unsaturated/α-hetero) is 1. The van der Waals surface area contributed by atoms with Gasteiger partial charge in [0.25, 0.3) is 0 Å². The van der Waals surface area contributed by atoms with Gasteiger partial charge in [0.1, 0.15) is 0 Å². The van der Waals surface area contributed by atoms with Crippen LogP contribution in [0.15, 0.2) is 40.2 Å². The Morgan fingerprint density at radius 1 is 1.44 bits per heavy atom. The number of hydrogen-bond donors (Lipinski definition) is 1. The lowest BCUT2D eigenvalue weighted by Crippen LogP contribution is -2.28. The number of thiophene rings is 1. The number of carbonyl (C=O) groups is 1. The fraction of sp³-hybridized carbons (Fsp3) is 0.214. The molecular weight excluding hydrogens is 310 g/mol. The van der Waals surface area contributed by atoms with Crippen LogP contribution < -0.4 is 5.32 Å². The van der Waals surface area contributed by atoms with E-state index >= 15 is 0 Å². The van der Waals surface area contributed by atoms with E-state index in [-0.39, 0.29) is 11.8 Å². The lowest BCUT2D eigenvalue weighted by molar-refractivity contribution is -0.119. The van der Waals surface area contributed by atoms with Crippen LogP contribution in [-0.4, -0.2) is 11.8 Å². The van der Waals surface area contributed by atoms with Crippen molar-refractivity contribution in [3.63, 3.8) is 0 Å². The van der Waals surface area contributed by atoms with Crippen LogP contribution in [0, 0.1) is 0 Å². The van der Waals surface area contributed by atoms with Gasteiger partial charge in [-0.2, -0.15) is 0 Å². The van der Waals surface area contributed by atoms with Crippen LogP contribution in [0.1, 0.15) is 10.4 Å². The number of halogens is 1. The fourth-order valence-corrected chi connectivity index (χ4v) is 3.69. The number of rotatable bonds is 3. The molecule has 92 valence electrons. The Labute approximate surface area is 118 Å². The van der Waals surface area contributed by atoms with E-state index in [0.29, 0.717) is 6.42 Å². The van der Waals surface area contributed by atoms with Gasteiger partial charge in [-0.15, -0.1) is 11.3 Å². The van der Waals surface area contributed by atoms with Crippen LogP contribution in [0.4, 0.5) is 5.69 Å². The van der Waals surface area contributed by atoms with Crippen LogP contribution in [0.3, 0.4) is 0 Å². The van der Waals surface area contributed by atoms with Crippen LogP contribution in [0.2, 0.25) is 0 Å². The Balaban J connectivity index is 1.69. The molecule has 0 fully saturated rings. The van der Waals surface area contributed by atoms with E-state index in [4.69, 9.17) is 0 Å². The third kappa shape index (κ3) is 2.35. The van der Waals surface area contributed by atoms with E-state index in [1.165, 1.54) is 5.56 Å². The smallest absolute Gasteiger partial charge is 0.160 e. The van der Waals surface area contributed by atoms with Crippen molar-refractivity contribution in [2.45, 2.75) is 18.9 Å². The zero-order valence-electron chi connectivity index (χ0n) is 9.65. The maximum atomic E-state index is 12.2. The van der Waals surface area contributed by atoms with Gasteiger partial charge < -0.3 is 5.32 Å². The molecule has 1 aliphatic rings. The first kappa shape index (κ1) is 11.9.